The van der Waals surface area contributed by atoms with Gasteiger partial charge in [0.1, 0.15) is 5.82 Å². The molecule has 1 fully saturated rings. The number of aryl methyl sites for hydroxylation is 1. The number of rotatable bonds is 5. The maximum absolute atomic E-state index is 13.6. The average molecular weight is 331 g/mol. The van der Waals surface area contributed by atoms with Gasteiger partial charge in [0, 0.05) is 19.8 Å². The third kappa shape index (κ3) is 3.00. The van der Waals surface area contributed by atoms with Gasteiger partial charge in [-0.1, -0.05) is 25.0 Å². The van der Waals surface area contributed by atoms with Crippen LogP contribution in [0.25, 0.3) is 0 Å². The van der Waals surface area contributed by atoms with Gasteiger partial charge in [-0.2, -0.15) is 0 Å². The van der Waals surface area contributed by atoms with Crippen molar-refractivity contribution in [2.75, 3.05) is 7.11 Å². The number of benzene rings is 1. The number of carbonyl (C=O) groups is 1. The largest absolute Gasteiger partial charge is 0.480 e. The van der Waals surface area contributed by atoms with Crippen LogP contribution >= 0.6 is 0 Å². The molecule has 1 aliphatic carbocycles. The lowest BCUT2D eigenvalue weighted by Gasteiger charge is -2.28. The van der Waals surface area contributed by atoms with Crippen molar-refractivity contribution in [3.05, 3.63) is 47.4 Å². The number of hydrogen-bond acceptors (Lipinski definition) is 3. The minimum atomic E-state index is -0.641. The van der Waals surface area contributed by atoms with E-state index in [0.29, 0.717) is 12.4 Å². The van der Waals surface area contributed by atoms with Gasteiger partial charge in [0.15, 0.2) is 0 Å². The fraction of sp³-hybridized carbons (Fsp3) is 0.444. The standard InChI is InChI=1S/C18H22FN3O2/c1-22-12-13(16(21-22)24-2)11-20-17(23)18(8-3-4-9-18)14-6-5-7-15(19)10-14/h5-7,10,12H,3-4,8-9,11H2,1-2H3,(H,20,23). The fourth-order valence-electron chi connectivity index (χ4n) is 3.57. The number of aromatic nitrogens is 2. The number of nitrogens with zero attached hydrogens (tertiary/aromatic N) is 2. The zero-order chi connectivity index (χ0) is 17.2. The Bertz CT molecular complexity index is 736. The van der Waals surface area contributed by atoms with E-state index in [9.17, 15) is 9.18 Å². The normalized spacial score (nSPS) is 16.1. The van der Waals surface area contributed by atoms with Crippen LogP contribution in [0.15, 0.2) is 30.5 Å². The van der Waals surface area contributed by atoms with Gasteiger partial charge in [0.2, 0.25) is 11.8 Å². The van der Waals surface area contributed by atoms with Gasteiger partial charge in [-0.25, -0.2) is 4.39 Å². The van der Waals surface area contributed by atoms with Crippen molar-refractivity contribution in [1.82, 2.24) is 15.1 Å². The molecule has 1 amide bonds. The first-order valence-corrected chi connectivity index (χ1v) is 8.16. The molecule has 1 heterocycles. The van der Waals surface area contributed by atoms with E-state index < -0.39 is 5.41 Å². The molecule has 6 heteroatoms. The molecule has 0 saturated heterocycles. The van der Waals surface area contributed by atoms with Crippen molar-refractivity contribution >= 4 is 5.91 Å². The van der Waals surface area contributed by atoms with Crippen LogP contribution in [0.3, 0.4) is 0 Å². The summed E-state index contributed by atoms with van der Waals surface area (Å²) in [7, 11) is 3.36. The third-order valence-corrected chi connectivity index (χ3v) is 4.77. The number of ether oxygens (including phenoxy) is 1. The van der Waals surface area contributed by atoms with Crippen molar-refractivity contribution in [2.45, 2.75) is 37.6 Å². The van der Waals surface area contributed by atoms with Crippen LogP contribution in [-0.4, -0.2) is 22.8 Å². The molecule has 0 aliphatic heterocycles. The zero-order valence-electron chi connectivity index (χ0n) is 14.0. The molecular weight excluding hydrogens is 309 g/mol. The van der Waals surface area contributed by atoms with Gasteiger partial charge < -0.3 is 10.1 Å². The molecule has 1 saturated carbocycles. The Morgan fingerprint density at radius 3 is 2.83 bits per heavy atom. The summed E-state index contributed by atoms with van der Waals surface area (Å²) in [4.78, 5) is 13.0. The van der Waals surface area contributed by atoms with E-state index in [1.165, 1.54) is 12.1 Å². The van der Waals surface area contributed by atoms with E-state index in [2.05, 4.69) is 10.4 Å². The average Bonchev–Trinajstić information content (AvgIpc) is 3.20. The number of nitrogens with one attached hydrogen (secondary N) is 1. The summed E-state index contributed by atoms with van der Waals surface area (Å²) < 4.78 is 20.5. The minimum Gasteiger partial charge on any atom is -0.480 e. The summed E-state index contributed by atoms with van der Waals surface area (Å²) in [6, 6.07) is 6.40. The van der Waals surface area contributed by atoms with Gasteiger partial charge >= 0.3 is 0 Å². The minimum absolute atomic E-state index is 0.0588. The van der Waals surface area contributed by atoms with E-state index in [4.69, 9.17) is 4.74 Å². The Morgan fingerprint density at radius 1 is 1.42 bits per heavy atom. The molecule has 0 radical (unpaired) electrons. The second-order valence-electron chi connectivity index (χ2n) is 6.32. The molecule has 3 rings (SSSR count). The Balaban J connectivity index is 1.80. The molecule has 1 aromatic carbocycles. The van der Waals surface area contributed by atoms with Crippen LogP contribution in [0, 0.1) is 5.82 Å². The van der Waals surface area contributed by atoms with Crippen molar-refractivity contribution in [3.63, 3.8) is 0 Å². The van der Waals surface area contributed by atoms with E-state index in [0.717, 1.165) is 36.8 Å². The molecule has 2 aromatic rings. The zero-order valence-corrected chi connectivity index (χ0v) is 14.0. The lowest BCUT2D eigenvalue weighted by Crippen LogP contribution is -2.42. The molecule has 0 unspecified atom stereocenters. The molecule has 24 heavy (non-hydrogen) atoms. The van der Waals surface area contributed by atoms with Gasteiger partial charge in [-0.3, -0.25) is 9.48 Å². The first-order chi connectivity index (χ1) is 11.5. The van der Waals surface area contributed by atoms with Crippen LogP contribution < -0.4 is 10.1 Å². The second kappa shape index (κ2) is 6.63. The lowest BCUT2D eigenvalue weighted by molar-refractivity contribution is -0.126. The summed E-state index contributed by atoms with van der Waals surface area (Å²) in [6.45, 7) is 0.340. The van der Waals surface area contributed by atoms with Crippen LogP contribution in [-0.2, 0) is 23.8 Å². The smallest absolute Gasteiger partial charge is 0.237 e. The molecular formula is C18H22FN3O2. The molecule has 5 nitrogen and oxygen atoms in total. The van der Waals surface area contributed by atoms with Crippen LogP contribution in [0.1, 0.15) is 36.8 Å². The van der Waals surface area contributed by atoms with Crippen molar-refractivity contribution < 1.29 is 13.9 Å². The van der Waals surface area contributed by atoms with E-state index in [-0.39, 0.29) is 11.7 Å². The highest BCUT2D eigenvalue weighted by Crippen LogP contribution is 2.41. The third-order valence-electron chi connectivity index (χ3n) is 4.77. The summed E-state index contributed by atoms with van der Waals surface area (Å²) >= 11 is 0. The highest BCUT2D eigenvalue weighted by molar-refractivity contribution is 5.88. The van der Waals surface area contributed by atoms with Crippen LogP contribution in [0.5, 0.6) is 5.88 Å². The highest BCUT2D eigenvalue weighted by Gasteiger charge is 2.42. The molecule has 0 atom stereocenters. The molecule has 0 spiro atoms. The van der Waals surface area contributed by atoms with Gasteiger partial charge in [0.05, 0.1) is 18.1 Å². The molecule has 1 aromatic heterocycles. The van der Waals surface area contributed by atoms with Gasteiger partial charge in [0.25, 0.3) is 0 Å². The lowest BCUT2D eigenvalue weighted by atomic mass is 9.78. The summed E-state index contributed by atoms with van der Waals surface area (Å²) in [5, 5.41) is 7.18. The monoisotopic (exact) mass is 331 g/mol. The van der Waals surface area contributed by atoms with Crippen molar-refractivity contribution in [1.29, 1.82) is 0 Å². The highest BCUT2D eigenvalue weighted by atomic mass is 19.1. The SMILES string of the molecule is COc1nn(C)cc1CNC(=O)C1(c2cccc(F)c2)CCCC1. The van der Waals surface area contributed by atoms with Gasteiger partial charge in [-0.05, 0) is 30.5 Å². The molecule has 1 N–H and O–H groups in total. The number of carbonyl (C=O) groups excluding carboxylic acids is 1. The summed E-state index contributed by atoms with van der Waals surface area (Å²) in [5.41, 5.74) is 0.939. The number of methoxy groups -OCH3 is 1. The molecule has 1 aliphatic rings. The van der Waals surface area contributed by atoms with Crippen molar-refractivity contribution in [3.8, 4) is 5.88 Å². The van der Waals surface area contributed by atoms with Crippen LogP contribution in [0.2, 0.25) is 0 Å². The number of hydrogen-bond donors (Lipinski definition) is 1. The number of amides is 1. The summed E-state index contributed by atoms with van der Waals surface area (Å²) in [5.74, 6) is 0.140. The van der Waals surface area contributed by atoms with E-state index >= 15 is 0 Å². The number of halogens is 1. The van der Waals surface area contributed by atoms with E-state index in [1.54, 1.807) is 24.9 Å². The first kappa shape index (κ1) is 16.5. The summed E-state index contributed by atoms with van der Waals surface area (Å²) in [6.07, 6.45) is 5.25. The Kier molecular flexibility index (Phi) is 4.55. The quantitative estimate of drug-likeness (QED) is 0.916. The Labute approximate surface area is 140 Å². The topological polar surface area (TPSA) is 56.1 Å². The predicted molar refractivity (Wildman–Crippen MR) is 88.2 cm³/mol. The van der Waals surface area contributed by atoms with Gasteiger partial charge in [-0.15, -0.1) is 5.10 Å². The van der Waals surface area contributed by atoms with Crippen molar-refractivity contribution in [2.24, 2.45) is 7.05 Å². The predicted octanol–water partition coefficient (Wildman–Crippen LogP) is 2.70. The maximum Gasteiger partial charge on any atom is 0.237 e. The Hall–Kier alpha value is -2.37. The second-order valence-corrected chi connectivity index (χ2v) is 6.32. The first-order valence-electron chi connectivity index (χ1n) is 8.16. The molecule has 0 bridgehead atoms. The molecule has 128 valence electrons. The van der Waals surface area contributed by atoms with E-state index in [1.807, 2.05) is 12.3 Å². The maximum atomic E-state index is 13.6. The Morgan fingerprint density at radius 2 is 2.17 bits per heavy atom. The van der Waals surface area contributed by atoms with Crippen LogP contribution in [0.4, 0.5) is 4.39 Å². The fourth-order valence-corrected chi connectivity index (χ4v) is 3.57.